The summed E-state index contributed by atoms with van der Waals surface area (Å²) in [6, 6.07) is 14.5. The molecule has 2 aromatic carbocycles. The molecule has 0 amide bonds. The monoisotopic (exact) mass is 376 g/mol. The molecule has 0 saturated carbocycles. The highest BCUT2D eigenvalue weighted by Gasteiger charge is 2.14. The number of hydrogen-bond donors (Lipinski definition) is 0. The zero-order chi connectivity index (χ0) is 17.9. The molecule has 1 heterocycles. The average molecular weight is 377 g/mol. The molecule has 132 valence electrons. The summed E-state index contributed by atoms with van der Waals surface area (Å²) in [5, 5.41) is 0. The number of fused-ring (bicyclic) bond motifs is 1. The molecule has 3 rings (SSSR count). The normalized spacial score (nSPS) is 12.8. The van der Waals surface area contributed by atoms with E-state index in [4.69, 9.17) is 4.74 Å². The lowest BCUT2D eigenvalue weighted by Gasteiger charge is -2.05. The molecular formula is C18H20N2O3S2. The van der Waals surface area contributed by atoms with E-state index in [-0.39, 0.29) is 4.90 Å². The minimum Gasteiger partial charge on any atom is -0.380 e. The number of hydrogen-bond acceptors (Lipinski definition) is 4. The van der Waals surface area contributed by atoms with Crippen LogP contribution in [0.25, 0.3) is 10.2 Å². The largest absolute Gasteiger partial charge is 0.380 e. The first-order valence-electron chi connectivity index (χ1n) is 8.05. The van der Waals surface area contributed by atoms with E-state index in [9.17, 15) is 8.42 Å². The zero-order valence-electron chi connectivity index (χ0n) is 14.2. The quantitative estimate of drug-likeness (QED) is 0.620. The van der Waals surface area contributed by atoms with Gasteiger partial charge in [0, 0.05) is 13.2 Å². The van der Waals surface area contributed by atoms with E-state index >= 15 is 0 Å². The highest BCUT2D eigenvalue weighted by molar-refractivity contribution is 7.90. The lowest BCUT2D eigenvalue weighted by molar-refractivity contribution is 0.139. The summed E-state index contributed by atoms with van der Waals surface area (Å²) < 4.78 is 37.8. The van der Waals surface area contributed by atoms with Crippen molar-refractivity contribution in [1.29, 1.82) is 0 Å². The average Bonchev–Trinajstić information content (AvgIpc) is 2.92. The van der Waals surface area contributed by atoms with Crippen LogP contribution in [-0.2, 0) is 21.3 Å². The summed E-state index contributed by atoms with van der Waals surface area (Å²) in [4.78, 5) is 0.661. The van der Waals surface area contributed by atoms with Crippen LogP contribution >= 0.6 is 11.3 Å². The van der Waals surface area contributed by atoms with Crippen LogP contribution in [0.2, 0.25) is 0 Å². The van der Waals surface area contributed by atoms with E-state index in [0.29, 0.717) is 24.6 Å². The minimum atomic E-state index is -3.76. The third-order valence-electron chi connectivity index (χ3n) is 3.77. The second-order valence-corrected chi connectivity index (χ2v) is 8.19. The predicted molar refractivity (Wildman–Crippen MR) is 100 cm³/mol. The Balaban J connectivity index is 2.11. The highest BCUT2D eigenvalue weighted by atomic mass is 32.2. The Hall–Kier alpha value is -1.96. The van der Waals surface area contributed by atoms with Gasteiger partial charge < -0.3 is 9.30 Å². The fourth-order valence-corrected chi connectivity index (χ4v) is 4.73. The van der Waals surface area contributed by atoms with E-state index in [0.717, 1.165) is 15.8 Å². The van der Waals surface area contributed by atoms with Crippen LogP contribution in [0, 0.1) is 6.92 Å². The van der Waals surface area contributed by atoms with Gasteiger partial charge in [0.1, 0.15) is 0 Å². The van der Waals surface area contributed by atoms with Crippen molar-refractivity contribution in [2.45, 2.75) is 25.3 Å². The molecule has 25 heavy (non-hydrogen) atoms. The molecule has 3 aromatic rings. The van der Waals surface area contributed by atoms with Gasteiger partial charge in [-0.1, -0.05) is 41.2 Å². The Bertz CT molecular complexity index is 1030. The molecule has 5 nitrogen and oxygen atoms in total. The van der Waals surface area contributed by atoms with Gasteiger partial charge in [-0.3, -0.25) is 0 Å². The Kier molecular flexibility index (Phi) is 5.36. The number of para-hydroxylation sites is 1. The SMILES string of the molecule is CCOCCn1c(=NS(=O)(=O)c2ccc(C)cc2)sc2ccccc21. The Morgan fingerprint density at radius 1 is 1.12 bits per heavy atom. The summed E-state index contributed by atoms with van der Waals surface area (Å²) >= 11 is 1.37. The zero-order valence-corrected chi connectivity index (χ0v) is 15.8. The number of benzene rings is 2. The van der Waals surface area contributed by atoms with Gasteiger partial charge in [0.25, 0.3) is 10.0 Å². The maximum absolute atomic E-state index is 12.7. The summed E-state index contributed by atoms with van der Waals surface area (Å²) in [7, 11) is -3.76. The Morgan fingerprint density at radius 2 is 1.84 bits per heavy atom. The van der Waals surface area contributed by atoms with Crippen molar-refractivity contribution in [2.24, 2.45) is 4.40 Å². The van der Waals surface area contributed by atoms with Crippen LogP contribution in [0.3, 0.4) is 0 Å². The van der Waals surface area contributed by atoms with Crippen molar-refractivity contribution < 1.29 is 13.2 Å². The van der Waals surface area contributed by atoms with Crippen molar-refractivity contribution in [2.75, 3.05) is 13.2 Å². The molecule has 0 aliphatic heterocycles. The van der Waals surface area contributed by atoms with Gasteiger partial charge in [-0.15, -0.1) is 4.40 Å². The number of ether oxygens (including phenoxy) is 1. The van der Waals surface area contributed by atoms with Gasteiger partial charge in [0.2, 0.25) is 4.80 Å². The van der Waals surface area contributed by atoms with E-state index in [2.05, 4.69) is 4.40 Å². The molecule has 0 N–H and O–H groups in total. The summed E-state index contributed by atoms with van der Waals surface area (Å²) in [5.41, 5.74) is 1.97. The summed E-state index contributed by atoms with van der Waals surface area (Å²) in [6.07, 6.45) is 0. The first kappa shape index (κ1) is 17.8. The Labute approximate surface area is 151 Å². The molecule has 7 heteroatoms. The predicted octanol–water partition coefficient (Wildman–Crippen LogP) is 3.34. The first-order valence-corrected chi connectivity index (χ1v) is 10.3. The van der Waals surface area contributed by atoms with Gasteiger partial charge >= 0.3 is 0 Å². The van der Waals surface area contributed by atoms with Crippen molar-refractivity contribution in [3.63, 3.8) is 0 Å². The third kappa shape index (κ3) is 4.00. The smallest absolute Gasteiger partial charge is 0.285 e. The van der Waals surface area contributed by atoms with Crippen molar-refractivity contribution >= 4 is 31.6 Å². The molecular weight excluding hydrogens is 356 g/mol. The molecule has 0 aliphatic rings. The second-order valence-electron chi connectivity index (χ2n) is 5.58. The van der Waals surface area contributed by atoms with Crippen molar-refractivity contribution in [3.8, 4) is 0 Å². The van der Waals surface area contributed by atoms with Gasteiger partial charge in [-0.2, -0.15) is 8.42 Å². The summed E-state index contributed by atoms with van der Waals surface area (Å²) in [6.45, 7) is 5.54. The molecule has 0 radical (unpaired) electrons. The van der Waals surface area contributed by atoms with Crippen LogP contribution in [0.4, 0.5) is 0 Å². The molecule has 0 aliphatic carbocycles. The van der Waals surface area contributed by atoms with Crippen LogP contribution in [0.1, 0.15) is 12.5 Å². The fraction of sp³-hybridized carbons (Fsp3) is 0.278. The lowest BCUT2D eigenvalue weighted by Crippen LogP contribution is -2.19. The molecule has 0 saturated heterocycles. The fourth-order valence-electron chi connectivity index (χ4n) is 2.47. The van der Waals surface area contributed by atoms with E-state index < -0.39 is 10.0 Å². The number of sulfonamides is 1. The number of nitrogens with zero attached hydrogens (tertiary/aromatic N) is 2. The van der Waals surface area contributed by atoms with Crippen LogP contribution < -0.4 is 4.80 Å². The van der Waals surface area contributed by atoms with Crippen molar-refractivity contribution in [1.82, 2.24) is 4.57 Å². The van der Waals surface area contributed by atoms with Crippen LogP contribution in [0.15, 0.2) is 57.8 Å². The lowest BCUT2D eigenvalue weighted by atomic mass is 10.2. The number of thiazole rings is 1. The number of aryl methyl sites for hydroxylation is 1. The van der Waals surface area contributed by atoms with E-state index in [1.54, 1.807) is 24.3 Å². The first-order chi connectivity index (χ1) is 12.0. The highest BCUT2D eigenvalue weighted by Crippen LogP contribution is 2.18. The Morgan fingerprint density at radius 3 is 2.56 bits per heavy atom. The van der Waals surface area contributed by atoms with Gasteiger partial charge in [-0.25, -0.2) is 0 Å². The van der Waals surface area contributed by atoms with Gasteiger partial charge in [0.15, 0.2) is 0 Å². The van der Waals surface area contributed by atoms with Crippen LogP contribution in [0.5, 0.6) is 0 Å². The molecule has 0 spiro atoms. The molecule has 0 atom stereocenters. The molecule has 0 unspecified atom stereocenters. The topological polar surface area (TPSA) is 60.7 Å². The minimum absolute atomic E-state index is 0.201. The third-order valence-corrected chi connectivity index (χ3v) is 6.22. The standard InChI is InChI=1S/C18H20N2O3S2/c1-3-23-13-12-20-16-6-4-5-7-17(16)24-18(20)19-25(21,22)15-10-8-14(2)9-11-15/h4-11H,3,12-13H2,1-2H3. The van der Waals surface area contributed by atoms with Crippen LogP contribution in [-0.4, -0.2) is 26.2 Å². The molecule has 1 aromatic heterocycles. The van der Waals surface area contributed by atoms with Crippen molar-refractivity contribution in [3.05, 3.63) is 58.9 Å². The maximum Gasteiger partial charge on any atom is 0.285 e. The maximum atomic E-state index is 12.7. The van der Waals surface area contributed by atoms with E-state index in [1.807, 2.05) is 42.7 Å². The van der Waals surface area contributed by atoms with Gasteiger partial charge in [-0.05, 0) is 38.1 Å². The van der Waals surface area contributed by atoms with Gasteiger partial charge in [0.05, 0.1) is 21.7 Å². The number of rotatable bonds is 6. The molecule has 0 bridgehead atoms. The molecule has 0 fully saturated rings. The number of aromatic nitrogens is 1. The summed E-state index contributed by atoms with van der Waals surface area (Å²) in [5.74, 6) is 0. The van der Waals surface area contributed by atoms with E-state index in [1.165, 1.54) is 11.3 Å². The second kappa shape index (κ2) is 7.51.